The predicted octanol–water partition coefficient (Wildman–Crippen LogP) is 6.01. The fourth-order valence-electron chi connectivity index (χ4n) is 3.62. The van der Waals surface area contributed by atoms with Gasteiger partial charge in [0.15, 0.2) is 0 Å². The second-order valence-corrected chi connectivity index (χ2v) is 8.53. The molecule has 168 valence electrons. The number of anilines is 3. The first-order valence-corrected chi connectivity index (χ1v) is 11.2. The summed E-state index contributed by atoms with van der Waals surface area (Å²) in [6.07, 6.45) is 2.45. The topological polar surface area (TPSA) is 78.5 Å². The minimum Gasteiger partial charge on any atom is -0.322 e. The molecule has 0 aromatic heterocycles. The Morgan fingerprint density at radius 2 is 1.48 bits per heavy atom. The zero-order valence-corrected chi connectivity index (χ0v) is 19.1. The lowest BCUT2D eigenvalue weighted by atomic mass is 10.1. The number of nitrogens with one attached hydrogen (secondary N) is 2. The molecule has 6 nitrogen and oxygen atoms in total. The van der Waals surface area contributed by atoms with Crippen molar-refractivity contribution in [3.63, 3.8) is 0 Å². The van der Waals surface area contributed by atoms with Crippen molar-refractivity contribution in [1.82, 2.24) is 0 Å². The Morgan fingerprint density at radius 3 is 2.18 bits per heavy atom. The Balaban J connectivity index is 1.49. The summed E-state index contributed by atoms with van der Waals surface area (Å²) < 4.78 is 0. The van der Waals surface area contributed by atoms with E-state index in [1.54, 1.807) is 53.4 Å². The number of rotatable bonds is 5. The highest BCUT2D eigenvalue weighted by molar-refractivity contribution is 6.31. The molecule has 1 heterocycles. The van der Waals surface area contributed by atoms with E-state index in [-0.39, 0.29) is 17.2 Å². The lowest BCUT2D eigenvalue weighted by Gasteiger charge is -2.26. The second kappa shape index (κ2) is 10.1. The lowest BCUT2D eigenvalue weighted by molar-refractivity contribution is -0.119. The molecule has 1 fully saturated rings. The zero-order chi connectivity index (χ0) is 23.4. The van der Waals surface area contributed by atoms with Crippen LogP contribution in [-0.4, -0.2) is 24.3 Å². The van der Waals surface area contributed by atoms with E-state index in [0.717, 1.165) is 18.5 Å². The first-order valence-electron chi connectivity index (χ1n) is 10.5. The smallest absolute Gasteiger partial charge is 0.257 e. The van der Waals surface area contributed by atoms with Gasteiger partial charge >= 0.3 is 0 Å². The second-order valence-electron chi connectivity index (χ2n) is 7.65. The van der Waals surface area contributed by atoms with Gasteiger partial charge in [-0.1, -0.05) is 23.2 Å². The van der Waals surface area contributed by atoms with E-state index in [9.17, 15) is 14.4 Å². The molecule has 0 spiro atoms. The molecule has 0 bridgehead atoms. The number of hydrogen-bond donors (Lipinski definition) is 2. The van der Waals surface area contributed by atoms with Crippen molar-refractivity contribution in [3.05, 3.63) is 87.9 Å². The molecular weight excluding hydrogens is 461 g/mol. The van der Waals surface area contributed by atoms with Crippen LogP contribution in [0, 0.1) is 0 Å². The van der Waals surface area contributed by atoms with Crippen molar-refractivity contribution >= 4 is 58.0 Å². The summed E-state index contributed by atoms with van der Waals surface area (Å²) in [5, 5.41) is 6.47. The van der Waals surface area contributed by atoms with Crippen LogP contribution in [0.3, 0.4) is 0 Å². The lowest BCUT2D eigenvalue weighted by Crippen LogP contribution is -2.35. The normalized spacial score (nSPS) is 13.5. The van der Waals surface area contributed by atoms with E-state index in [0.29, 0.717) is 34.3 Å². The molecule has 0 saturated carbocycles. The van der Waals surface area contributed by atoms with Gasteiger partial charge in [-0.2, -0.15) is 0 Å². The predicted molar refractivity (Wildman–Crippen MR) is 131 cm³/mol. The summed E-state index contributed by atoms with van der Waals surface area (Å²) >= 11 is 12.0. The van der Waals surface area contributed by atoms with Gasteiger partial charge in [-0.05, 0) is 79.6 Å². The van der Waals surface area contributed by atoms with E-state index in [1.165, 1.54) is 6.07 Å². The van der Waals surface area contributed by atoms with Gasteiger partial charge in [0.2, 0.25) is 5.91 Å². The van der Waals surface area contributed by atoms with Crippen molar-refractivity contribution in [2.45, 2.75) is 19.3 Å². The molecular formula is C25H21Cl2N3O3. The van der Waals surface area contributed by atoms with Crippen LogP contribution in [0.25, 0.3) is 0 Å². The number of piperidine rings is 1. The van der Waals surface area contributed by atoms with Crippen LogP contribution in [0.2, 0.25) is 10.0 Å². The summed E-state index contributed by atoms with van der Waals surface area (Å²) in [5.74, 6) is -0.682. The van der Waals surface area contributed by atoms with Crippen molar-refractivity contribution in [1.29, 1.82) is 0 Å². The van der Waals surface area contributed by atoms with Gasteiger partial charge in [0.05, 0.1) is 11.3 Å². The molecule has 3 aromatic carbocycles. The molecule has 1 aliphatic heterocycles. The van der Waals surface area contributed by atoms with Crippen molar-refractivity contribution < 1.29 is 14.4 Å². The van der Waals surface area contributed by atoms with Crippen LogP contribution in [0.15, 0.2) is 66.7 Å². The third-order valence-corrected chi connectivity index (χ3v) is 5.83. The van der Waals surface area contributed by atoms with Gasteiger partial charge in [-0.3, -0.25) is 14.4 Å². The molecule has 0 unspecified atom stereocenters. The summed E-state index contributed by atoms with van der Waals surface area (Å²) in [6.45, 7) is 0.700. The minimum atomic E-state index is -0.403. The standard InChI is InChI=1S/C25H21Cl2N3O3/c26-17-6-4-16(5-7-17)24(32)29-22-15-18(27)8-13-21(22)25(33)28-19-9-11-20(12-10-19)30-14-2-1-3-23(30)31/h4-13,15H,1-3,14H2,(H,28,33)(H,29,32). The van der Waals surface area contributed by atoms with Crippen LogP contribution < -0.4 is 15.5 Å². The van der Waals surface area contributed by atoms with Crippen molar-refractivity contribution in [3.8, 4) is 0 Å². The van der Waals surface area contributed by atoms with Crippen LogP contribution in [0.5, 0.6) is 0 Å². The maximum atomic E-state index is 13.0. The maximum Gasteiger partial charge on any atom is 0.257 e. The van der Waals surface area contributed by atoms with Crippen LogP contribution in [0.4, 0.5) is 17.1 Å². The van der Waals surface area contributed by atoms with Gasteiger partial charge < -0.3 is 15.5 Å². The Bertz CT molecular complexity index is 1190. The fraction of sp³-hybridized carbons (Fsp3) is 0.160. The number of halogens is 2. The van der Waals surface area contributed by atoms with Crippen molar-refractivity contribution in [2.75, 3.05) is 22.1 Å². The first-order chi connectivity index (χ1) is 15.9. The van der Waals surface area contributed by atoms with Crippen LogP contribution in [0.1, 0.15) is 40.0 Å². The molecule has 1 aliphatic rings. The molecule has 0 atom stereocenters. The highest BCUT2D eigenvalue weighted by atomic mass is 35.5. The van der Waals surface area contributed by atoms with Gasteiger partial charge in [0.25, 0.3) is 11.8 Å². The average Bonchev–Trinajstić information content (AvgIpc) is 2.80. The zero-order valence-electron chi connectivity index (χ0n) is 17.6. The maximum absolute atomic E-state index is 13.0. The summed E-state index contributed by atoms with van der Waals surface area (Å²) in [4.78, 5) is 39.5. The molecule has 33 heavy (non-hydrogen) atoms. The Labute approximate surface area is 201 Å². The molecule has 3 aromatic rings. The summed E-state index contributed by atoms with van der Waals surface area (Å²) in [5.41, 5.74) is 2.32. The third kappa shape index (κ3) is 5.53. The molecule has 2 N–H and O–H groups in total. The summed E-state index contributed by atoms with van der Waals surface area (Å²) in [6, 6.07) is 18.2. The van der Waals surface area contributed by atoms with Crippen molar-refractivity contribution in [2.24, 2.45) is 0 Å². The third-order valence-electron chi connectivity index (χ3n) is 5.34. The van der Waals surface area contributed by atoms with Gasteiger partial charge in [0.1, 0.15) is 0 Å². The Kier molecular flexibility index (Phi) is 6.96. The van der Waals surface area contributed by atoms with Crippen LogP contribution >= 0.6 is 23.2 Å². The van der Waals surface area contributed by atoms with Gasteiger partial charge in [0, 0.05) is 39.9 Å². The molecule has 4 rings (SSSR count). The fourth-order valence-corrected chi connectivity index (χ4v) is 3.91. The molecule has 0 radical (unpaired) electrons. The molecule has 3 amide bonds. The van der Waals surface area contributed by atoms with E-state index < -0.39 is 11.8 Å². The van der Waals surface area contributed by atoms with Crippen LogP contribution in [-0.2, 0) is 4.79 Å². The quantitative estimate of drug-likeness (QED) is 0.467. The minimum absolute atomic E-state index is 0.111. The number of benzene rings is 3. The number of carbonyl (C=O) groups excluding carboxylic acids is 3. The SMILES string of the molecule is O=C(Nc1cc(Cl)ccc1C(=O)Nc1ccc(N2CCCCC2=O)cc1)c1ccc(Cl)cc1. The first kappa shape index (κ1) is 22.8. The largest absolute Gasteiger partial charge is 0.322 e. The molecule has 0 aliphatic carbocycles. The van der Waals surface area contributed by atoms with E-state index >= 15 is 0 Å². The highest BCUT2D eigenvalue weighted by Crippen LogP contribution is 2.25. The number of amides is 3. The number of nitrogens with zero attached hydrogens (tertiary/aromatic N) is 1. The van der Waals surface area contributed by atoms with E-state index in [4.69, 9.17) is 23.2 Å². The van der Waals surface area contributed by atoms with E-state index in [1.807, 2.05) is 12.1 Å². The number of carbonyl (C=O) groups is 3. The number of hydrogen-bond acceptors (Lipinski definition) is 3. The Hall–Kier alpha value is -3.35. The van der Waals surface area contributed by atoms with Gasteiger partial charge in [-0.25, -0.2) is 0 Å². The average molecular weight is 482 g/mol. The molecule has 8 heteroatoms. The highest BCUT2D eigenvalue weighted by Gasteiger charge is 2.20. The monoisotopic (exact) mass is 481 g/mol. The summed E-state index contributed by atoms with van der Waals surface area (Å²) in [7, 11) is 0. The Morgan fingerprint density at radius 1 is 0.788 bits per heavy atom. The molecule has 1 saturated heterocycles. The van der Waals surface area contributed by atoms with Gasteiger partial charge in [-0.15, -0.1) is 0 Å². The van der Waals surface area contributed by atoms with E-state index in [2.05, 4.69) is 10.6 Å².